The molecule has 0 saturated heterocycles. The van der Waals surface area contributed by atoms with Crippen molar-refractivity contribution in [2.24, 2.45) is 0 Å². The van der Waals surface area contributed by atoms with Crippen LogP contribution in [-0.4, -0.2) is 18.2 Å². The second kappa shape index (κ2) is 7.97. The number of phenolic OH excluding ortho intramolecular Hbond substituents is 1. The predicted molar refractivity (Wildman–Crippen MR) is 116 cm³/mol. The zero-order valence-corrected chi connectivity index (χ0v) is 17.1. The van der Waals surface area contributed by atoms with E-state index in [0.717, 1.165) is 16.7 Å². The fraction of sp³-hybridized carbons (Fsp3) is 0.0417. The molecule has 1 aliphatic rings. The summed E-state index contributed by atoms with van der Waals surface area (Å²) in [5.74, 6) is 0.414. The summed E-state index contributed by atoms with van der Waals surface area (Å²) in [4.78, 5) is 12.3. The quantitative estimate of drug-likeness (QED) is 0.404. The van der Waals surface area contributed by atoms with Crippen molar-refractivity contribution in [2.45, 2.75) is 0 Å². The van der Waals surface area contributed by atoms with E-state index in [1.54, 1.807) is 24.3 Å². The summed E-state index contributed by atoms with van der Waals surface area (Å²) in [7, 11) is 1.47. The molecule has 1 N–H and O–H groups in total. The number of esters is 1. The molecule has 0 aromatic heterocycles. The second-order valence-corrected chi connectivity index (χ2v) is 7.35. The Labute approximate surface area is 176 Å². The van der Waals surface area contributed by atoms with Gasteiger partial charge in [0, 0.05) is 5.56 Å². The van der Waals surface area contributed by atoms with Gasteiger partial charge in [-0.3, -0.25) is 0 Å². The van der Waals surface area contributed by atoms with Crippen LogP contribution in [0, 0.1) is 0 Å². The van der Waals surface area contributed by atoms with E-state index in [4.69, 9.17) is 9.47 Å². The van der Waals surface area contributed by atoms with E-state index >= 15 is 0 Å². The molecule has 3 aromatic rings. The number of carbonyl (C=O) groups excluding carboxylic acids is 1. The Bertz CT molecular complexity index is 1130. The van der Waals surface area contributed by atoms with Gasteiger partial charge in [0.15, 0.2) is 11.5 Å². The average molecular weight is 449 g/mol. The number of benzene rings is 3. The molecule has 0 unspecified atom stereocenters. The number of hydrogen-bond donors (Lipinski definition) is 1. The number of halogens is 1. The van der Waals surface area contributed by atoms with Gasteiger partial charge in [-0.1, -0.05) is 54.6 Å². The zero-order valence-electron chi connectivity index (χ0n) is 15.6. The number of hydrogen-bond acceptors (Lipinski definition) is 4. The molecule has 4 nitrogen and oxygen atoms in total. The minimum absolute atomic E-state index is 0.0124. The number of methoxy groups -OCH3 is 1. The molecule has 0 aliphatic carbocycles. The number of cyclic esters (lactones) is 1. The van der Waals surface area contributed by atoms with Crippen LogP contribution in [-0.2, 0) is 9.53 Å². The Kier molecular flexibility index (Phi) is 5.23. The minimum Gasteiger partial charge on any atom is -0.503 e. The summed E-state index contributed by atoms with van der Waals surface area (Å²) < 4.78 is 11.1. The Hall–Kier alpha value is -3.31. The zero-order chi connectivity index (χ0) is 20.4. The van der Waals surface area contributed by atoms with Crippen molar-refractivity contribution in [1.29, 1.82) is 0 Å². The fourth-order valence-corrected chi connectivity index (χ4v) is 3.56. The summed E-state index contributed by atoms with van der Waals surface area (Å²) in [5.41, 5.74) is 4.17. The van der Waals surface area contributed by atoms with Gasteiger partial charge >= 0.3 is 5.97 Å². The lowest BCUT2D eigenvalue weighted by atomic mass is 10.0. The van der Waals surface area contributed by atoms with Gasteiger partial charge in [-0.2, -0.15) is 0 Å². The molecule has 1 aliphatic heterocycles. The van der Waals surface area contributed by atoms with E-state index < -0.39 is 5.97 Å². The van der Waals surface area contributed by atoms with E-state index in [2.05, 4.69) is 28.1 Å². The van der Waals surface area contributed by atoms with Gasteiger partial charge in [-0.25, -0.2) is 4.79 Å². The summed E-state index contributed by atoms with van der Waals surface area (Å²) in [6, 6.07) is 21.3. The second-order valence-electron chi connectivity index (χ2n) is 6.49. The predicted octanol–water partition coefficient (Wildman–Crippen LogP) is 5.81. The number of rotatable bonds is 4. The van der Waals surface area contributed by atoms with Gasteiger partial charge in [-0.05, 0) is 56.9 Å². The van der Waals surface area contributed by atoms with Crippen molar-refractivity contribution in [3.8, 4) is 22.6 Å². The van der Waals surface area contributed by atoms with Crippen LogP contribution >= 0.6 is 15.9 Å². The van der Waals surface area contributed by atoms with Crippen LogP contribution in [0.3, 0.4) is 0 Å². The van der Waals surface area contributed by atoms with Crippen LogP contribution in [0.25, 0.3) is 23.0 Å². The van der Waals surface area contributed by atoms with Crippen molar-refractivity contribution < 1.29 is 19.4 Å². The van der Waals surface area contributed by atoms with Crippen LogP contribution in [0.15, 0.2) is 82.9 Å². The highest BCUT2D eigenvalue weighted by atomic mass is 79.9. The van der Waals surface area contributed by atoms with Gasteiger partial charge in [0.1, 0.15) is 5.76 Å². The van der Waals surface area contributed by atoms with Gasteiger partial charge in [0.05, 0.1) is 17.2 Å². The molecule has 0 saturated carbocycles. The average Bonchev–Trinajstić information content (AvgIpc) is 3.11. The van der Waals surface area contributed by atoms with Crippen molar-refractivity contribution in [2.75, 3.05) is 7.11 Å². The van der Waals surface area contributed by atoms with Crippen LogP contribution in [0.5, 0.6) is 11.5 Å². The molecule has 0 radical (unpaired) electrons. The molecule has 0 spiro atoms. The SMILES string of the molecule is COc1cc(/C=C2\C=C(c3ccc(-c4ccccc4)cc3)OC2=O)cc(Br)c1O. The van der Waals surface area contributed by atoms with Gasteiger partial charge < -0.3 is 14.6 Å². The lowest BCUT2D eigenvalue weighted by Crippen LogP contribution is -1.97. The third-order valence-electron chi connectivity index (χ3n) is 4.59. The topological polar surface area (TPSA) is 55.8 Å². The summed E-state index contributed by atoms with van der Waals surface area (Å²) in [6.07, 6.45) is 3.41. The third kappa shape index (κ3) is 3.96. The monoisotopic (exact) mass is 448 g/mol. The normalized spacial score (nSPS) is 14.6. The summed E-state index contributed by atoms with van der Waals surface area (Å²) in [6.45, 7) is 0. The molecular formula is C24H17BrO4. The van der Waals surface area contributed by atoms with Crippen molar-refractivity contribution in [3.63, 3.8) is 0 Å². The van der Waals surface area contributed by atoms with Crippen LogP contribution in [0.2, 0.25) is 0 Å². The first-order chi connectivity index (χ1) is 14.0. The molecule has 4 rings (SSSR count). The Balaban J connectivity index is 1.63. The van der Waals surface area contributed by atoms with Gasteiger partial charge in [0.2, 0.25) is 0 Å². The standard InChI is InChI=1S/C24H17BrO4/c1-28-22-13-15(12-20(25)23(22)26)11-19-14-21(29-24(19)27)18-9-7-17(8-10-18)16-5-3-2-4-6-16/h2-14,26H,1H3/b19-11+. The lowest BCUT2D eigenvalue weighted by molar-refractivity contribution is -0.130. The molecule has 144 valence electrons. The van der Waals surface area contributed by atoms with Crippen LogP contribution < -0.4 is 4.74 Å². The molecule has 0 fully saturated rings. The van der Waals surface area contributed by atoms with E-state index in [1.165, 1.54) is 7.11 Å². The minimum atomic E-state index is -0.421. The molecule has 3 aromatic carbocycles. The molecule has 29 heavy (non-hydrogen) atoms. The van der Waals surface area contributed by atoms with E-state index in [0.29, 0.717) is 27.1 Å². The highest BCUT2D eigenvalue weighted by Gasteiger charge is 2.22. The van der Waals surface area contributed by atoms with E-state index in [-0.39, 0.29) is 5.75 Å². The number of ether oxygens (including phenoxy) is 2. The van der Waals surface area contributed by atoms with Crippen LogP contribution in [0.1, 0.15) is 11.1 Å². The van der Waals surface area contributed by atoms with Crippen molar-refractivity contribution in [3.05, 3.63) is 94.0 Å². The smallest absolute Gasteiger partial charge is 0.343 e. The Morgan fingerprint density at radius 3 is 2.31 bits per heavy atom. The lowest BCUT2D eigenvalue weighted by Gasteiger charge is -2.06. The highest BCUT2D eigenvalue weighted by molar-refractivity contribution is 9.10. The van der Waals surface area contributed by atoms with E-state index in [1.807, 2.05) is 42.5 Å². The first kappa shape index (κ1) is 19.0. The first-order valence-corrected chi connectivity index (χ1v) is 9.72. The maximum atomic E-state index is 12.3. The maximum absolute atomic E-state index is 12.3. The molecule has 1 heterocycles. The third-order valence-corrected chi connectivity index (χ3v) is 5.20. The Morgan fingerprint density at radius 1 is 0.966 bits per heavy atom. The molecule has 0 amide bonds. The number of phenols is 1. The molecular weight excluding hydrogens is 432 g/mol. The molecule has 0 bridgehead atoms. The Morgan fingerprint density at radius 2 is 1.62 bits per heavy atom. The van der Waals surface area contributed by atoms with Crippen molar-refractivity contribution in [1.82, 2.24) is 0 Å². The molecule has 5 heteroatoms. The number of aromatic hydroxyl groups is 1. The first-order valence-electron chi connectivity index (χ1n) is 8.93. The maximum Gasteiger partial charge on any atom is 0.343 e. The van der Waals surface area contributed by atoms with Gasteiger partial charge in [0.25, 0.3) is 0 Å². The van der Waals surface area contributed by atoms with Gasteiger partial charge in [-0.15, -0.1) is 0 Å². The summed E-state index contributed by atoms with van der Waals surface area (Å²) >= 11 is 3.29. The van der Waals surface area contributed by atoms with E-state index in [9.17, 15) is 9.90 Å². The highest BCUT2D eigenvalue weighted by Crippen LogP contribution is 2.36. The van der Waals surface area contributed by atoms with Crippen molar-refractivity contribution >= 4 is 33.7 Å². The van der Waals surface area contributed by atoms with Crippen LogP contribution in [0.4, 0.5) is 0 Å². The molecule has 0 atom stereocenters. The largest absolute Gasteiger partial charge is 0.503 e. The number of carbonyl (C=O) groups is 1. The fourth-order valence-electron chi connectivity index (χ4n) is 3.10. The summed E-state index contributed by atoms with van der Waals surface area (Å²) in [5, 5.41) is 9.93.